The van der Waals surface area contributed by atoms with Gasteiger partial charge in [0.1, 0.15) is 6.61 Å². The van der Waals surface area contributed by atoms with E-state index in [1.54, 1.807) is 0 Å². The van der Waals surface area contributed by atoms with Crippen LogP contribution < -0.4 is 11.2 Å². The minimum Gasteiger partial charge on any atom is -0.368 e. The maximum absolute atomic E-state index is 10.5. The van der Waals surface area contributed by atoms with Crippen LogP contribution >= 0.6 is 0 Å². The molecule has 1 heterocycles. The van der Waals surface area contributed by atoms with Crippen molar-refractivity contribution in [3.63, 3.8) is 0 Å². The summed E-state index contributed by atoms with van der Waals surface area (Å²) in [6.45, 7) is 3.22. The Morgan fingerprint density at radius 3 is 2.93 bits per heavy atom. The van der Waals surface area contributed by atoms with Crippen molar-refractivity contribution in [2.24, 2.45) is 5.73 Å². The van der Waals surface area contributed by atoms with Gasteiger partial charge in [-0.15, -0.1) is 0 Å². The molecule has 0 aromatic carbocycles. The number of nitrogens with zero attached hydrogens (tertiary/aromatic N) is 1. The molecule has 0 bridgehead atoms. The summed E-state index contributed by atoms with van der Waals surface area (Å²) in [5, 5.41) is 0. The average Bonchev–Trinajstić information content (AvgIpc) is 2.91. The molecular formula is C10H19N3O2. The predicted molar refractivity (Wildman–Crippen MR) is 55.9 cm³/mol. The van der Waals surface area contributed by atoms with Gasteiger partial charge in [-0.1, -0.05) is 0 Å². The summed E-state index contributed by atoms with van der Waals surface area (Å²) < 4.78 is 0. The molecule has 5 heteroatoms. The maximum atomic E-state index is 10.5. The highest BCUT2D eigenvalue weighted by molar-refractivity contribution is 5.74. The summed E-state index contributed by atoms with van der Waals surface area (Å²) in [5.41, 5.74) is 7.89. The molecule has 1 saturated heterocycles. The van der Waals surface area contributed by atoms with Gasteiger partial charge in [0, 0.05) is 24.7 Å². The number of amides is 1. The first-order chi connectivity index (χ1) is 7.16. The zero-order valence-corrected chi connectivity index (χ0v) is 9.11. The molecule has 0 radical (unpaired) electrons. The Morgan fingerprint density at radius 2 is 2.33 bits per heavy atom. The number of primary amides is 1. The minimum absolute atomic E-state index is 0.0473. The van der Waals surface area contributed by atoms with Gasteiger partial charge in [-0.25, -0.2) is 0 Å². The molecule has 2 aliphatic rings. The Morgan fingerprint density at radius 1 is 1.60 bits per heavy atom. The van der Waals surface area contributed by atoms with Crippen LogP contribution in [-0.4, -0.2) is 42.1 Å². The zero-order chi connectivity index (χ0) is 10.8. The van der Waals surface area contributed by atoms with E-state index >= 15 is 0 Å². The summed E-state index contributed by atoms with van der Waals surface area (Å²) in [6.07, 6.45) is 3.74. The van der Waals surface area contributed by atoms with Crippen LogP contribution in [0.5, 0.6) is 0 Å². The van der Waals surface area contributed by atoms with Crippen LogP contribution in [0.25, 0.3) is 0 Å². The van der Waals surface area contributed by atoms with Crippen molar-refractivity contribution in [1.82, 2.24) is 10.4 Å². The van der Waals surface area contributed by atoms with E-state index in [0.29, 0.717) is 12.1 Å². The molecule has 1 saturated carbocycles. The highest BCUT2D eigenvalue weighted by atomic mass is 16.6. The molecule has 0 spiro atoms. The number of hydrogen-bond donors (Lipinski definition) is 2. The number of likely N-dealkylation sites (tertiary alicyclic amines) is 1. The molecule has 86 valence electrons. The molecule has 1 amide bonds. The first kappa shape index (κ1) is 10.9. The van der Waals surface area contributed by atoms with E-state index in [-0.39, 0.29) is 6.61 Å². The topological polar surface area (TPSA) is 67.6 Å². The summed E-state index contributed by atoms with van der Waals surface area (Å²) in [7, 11) is 0. The van der Waals surface area contributed by atoms with Gasteiger partial charge in [-0.2, -0.15) is 5.48 Å². The molecule has 2 rings (SSSR count). The van der Waals surface area contributed by atoms with Gasteiger partial charge in [0.25, 0.3) is 0 Å². The molecule has 2 atom stereocenters. The van der Waals surface area contributed by atoms with E-state index in [1.807, 2.05) is 0 Å². The van der Waals surface area contributed by atoms with E-state index in [9.17, 15) is 4.79 Å². The second-order valence-electron chi connectivity index (χ2n) is 4.58. The molecule has 1 aliphatic carbocycles. The molecule has 2 unspecified atom stereocenters. The number of nitrogens with one attached hydrogen (secondary N) is 1. The lowest BCUT2D eigenvalue weighted by Gasteiger charge is -2.19. The lowest BCUT2D eigenvalue weighted by molar-refractivity contribution is -0.126. The normalized spacial score (nSPS) is 32.1. The van der Waals surface area contributed by atoms with Gasteiger partial charge in [0.05, 0.1) is 0 Å². The number of carbonyl (C=O) groups excluding carboxylic acids is 1. The Balaban J connectivity index is 1.69. The molecule has 2 fully saturated rings. The molecule has 1 aliphatic heterocycles. The first-order valence-corrected chi connectivity index (χ1v) is 5.58. The Kier molecular flexibility index (Phi) is 3.23. The van der Waals surface area contributed by atoms with Crippen molar-refractivity contribution in [2.45, 2.75) is 44.3 Å². The molecular weight excluding hydrogens is 194 g/mol. The smallest absolute Gasteiger partial charge is 0.245 e. The highest BCUT2D eigenvalue weighted by Gasteiger charge is 2.38. The van der Waals surface area contributed by atoms with Gasteiger partial charge in [0.15, 0.2) is 0 Å². The van der Waals surface area contributed by atoms with E-state index in [4.69, 9.17) is 10.6 Å². The Bertz CT molecular complexity index is 243. The predicted octanol–water partition coefficient (Wildman–Crippen LogP) is -0.382. The van der Waals surface area contributed by atoms with Gasteiger partial charge in [-0.05, 0) is 26.2 Å². The van der Waals surface area contributed by atoms with Gasteiger partial charge in [-0.3, -0.25) is 14.5 Å². The van der Waals surface area contributed by atoms with Crippen LogP contribution in [0, 0.1) is 0 Å². The second kappa shape index (κ2) is 4.47. The van der Waals surface area contributed by atoms with Crippen LogP contribution in [0.3, 0.4) is 0 Å². The number of rotatable bonds is 5. The van der Waals surface area contributed by atoms with E-state index < -0.39 is 5.91 Å². The van der Waals surface area contributed by atoms with E-state index in [2.05, 4.69) is 17.3 Å². The summed E-state index contributed by atoms with van der Waals surface area (Å²) in [4.78, 5) is 18.0. The fraction of sp³-hybridized carbons (Fsp3) is 0.900. The third-order valence-corrected chi connectivity index (χ3v) is 3.10. The van der Waals surface area contributed by atoms with Gasteiger partial charge in [0.2, 0.25) is 5.91 Å². The van der Waals surface area contributed by atoms with Gasteiger partial charge < -0.3 is 5.73 Å². The molecule has 0 aromatic heterocycles. The summed E-state index contributed by atoms with van der Waals surface area (Å²) in [6, 6.07) is 1.75. The molecule has 5 nitrogen and oxygen atoms in total. The minimum atomic E-state index is -0.437. The van der Waals surface area contributed by atoms with Crippen LogP contribution in [0.15, 0.2) is 0 Å². The molecule has 3 N–H and O–H groups in total. The first-order valence-electron chi connectivity index (χ1n) is 5.58. The van der Waals surface area contributed by atoms with Crippen molar-refractivity contribution in [1.29, 1.82) is 0 Å². The van der Waals surface area contributed by atoms with Crippen LogP contribution in [0.1, 0.15) is 26.2 Å². The number of hydroxylamine groups is 1. The monoisotopic (exact) mass is 213 g/mol. The Labute approximate surface area is 89.9 Å². The van der Waals surface area contributed by atoms with Crippen molar-refractivity contribution in [3.05, 3.63) is 0 Å². The van der Waals surface area contributed by atoms with E-state index in [1.165, 1.54) is 12.8 Å². The van der Waals surface area contributed by atoms with Crippen LogP contribution in [0.2, 0.25) is 0 Å². The Hall–Kier alpha value is -0.650. The maximum Gasteiger partial charge on any atom is 0.245 e. The van der Waals surface area contributed by atoms with Crippen LogP contribution in [0.4, 0.5) is 0 Å². The van der Waals surface area contributed by atoms with Crippen LogP contribution in [-0.2, 0) is 9.63 Å². The fourth-order valence-electron chi connectivity index (χ4n) is 2.29. The lowest BCUT2D eigenvalue weighted by atomic mass is 10.2. The molecule has 15 heavy (non-hydrogen) atoms. The SMILES string of the molecule is CC1CC(NOCC(N)=O)CN1C1CC1. The van der Waals surface area contributed by atoms with Gasteiger partial charge >= 0.3 is 0 Å². The quantitative estimate of drug-likeness (QED) is 0.611. The van der Waals surface area contributed by atoms with Crippen molar-refractivity contribution >= 4 is 5.91 Å². The third-order valence-electron chi connectivity index (χ3n) is 3.10. The average molecular weight is 213 g/mol. The number of hydrogen-bond acceptors (Lipinski definition) is 4. The fourth-order valence-corrected chi connectivity index (χ4v) is 2.29. The van der Waals surface area contributed by atoms with Crippen molar-refractivity contribution in [2.75, 3.05) is 13.2 Å². The van der Waals surface area contributed by atoms with E-state index in [0.717, 1.165) is 19.0 Å². The number of carbonyl (C=O) groups is 1. The zero-order valence-electron chi connectivity index (χ0n) is 9.11. The van der Waals surface area contributed by atoms with Crippen molar-refractivity contribution in [3.8, 4) is 0 Å². The second-order valence-corrected chi connectivity index (χ2v) is 4.58. The summed E-state index contributed by atoms with van der Waals surface area (Å²) in [5.74, 6) is -0.437. The number of nitrogens with two attached hydrogens (primary N) is 1. The lowest BCUT2D eigenvalue weighted by Crippen LogP contribution is -2.36. The summed E-state index contributed by atoms with van der Waals surface area (Å²) >= 11 is 0. The largest absolute Gasteiger partial charge is 0.368 e. The highest BCUT2D eigenvalue weighted by Crippen LogP contribution is 2.33. The molecule has 0 aromatic rings. The third kappa shape index (κ3) is 2.90. The van der Waals surface area contributed by atoms with Crippen molar-refractivity contribution < 1.29 is 9.63 Å². The standard InChI is InChI=1S/C10H19N3O2/c1-7-4-8(12-15-6-10(11)14)5-13(7)9-2-3-9/h7-9,12H,2-6H2,1H3,(H2,11,14).